The molecule has 0 aromatic carbocycles. The molecule has 7 nitrogen and oxygen atoms in total. The average Bonchev–Trinajstić information content (AvgIpc) is 2.35. The van der Waals surface area contributed by atoms with E-state index in [0.29, 0.717) is 13.0 Å². The largest absolute Gasteiger partial charge is 0.514 e. The van der Waals surface area contributed by atoms with Crippen molar-refractivity contribution in [1.29, 1.82) is 0 Å². The van der Waals surface area contributed by atoms with Gasteiger partial charge < -0.3 is 20.1 Å². The fraction of sp³-hybridized carbons (Fsp3) is 0.889. The zero-order valence-corrected chi connectivity index (χ0v) is 10.8. The van der Waals surface area contributed by atoms with Crippen LogP contribution in [0.4, 0.5) is 0 Å². The summed E-state index contributed by atoms with van der Waals surface area (Å²) in [6, 6.07) is -0.528. The van der Waals surface area contributed by atoms with Gasteiger partial charge in [-0.25, -0.2) is 11.8 Å². The Morgan fingerprint density at radius 3 is 2.24 bits per heavy atom. The summed E-state index contributed by atoms with van der Waals surface area (Å²) in [6.45, 7) is 6.12. The van der Waals surface area contributed by atoms with E-state index < -0.39 is 19.1 Å². The summed E-state index contributed by atoms with van der Waals surface area (Å²) in [7, 11) is -0.866. The van der Waals surface area contributed by atoms with Gasteiger partial charge in [0.15, 0.2) is 0 Å². The van der Waals surface area contributed by atoms with Crippen LogP contribution in [0.2, 0.25) is 0 Å². The third kappa shape index (κ3) is 4.60. The molecule has 0 spiro atoms. The Labute approximate surface area is 103 Å². The summed E-state index contributed by atoms with van der Waals surface area (Å²) in [4.78, 5) is 13.6. The number of amides is 1. The number of hydrogen-bond acceptors (Lipinski definition) is 6. The van der Waals surface area contributed by atoms with Crippen LogP contribution < -0.4 is 17.5 Å². The first-order chi connectivity index (χ1) is 8.03. The molecule has 0 aliphatic heterocycles. The van der Waals surface area contributed by atoms with E-state index >= 15 is 0 Å². The first-order valence-corrected chi connectivity index (χ1v) is 5.80. The second-order valence-corrected chi connectivity index (χ2v) is 3.93. The zero-order valence-electron chi connectivity index (χ0n) is 10.8. The van der Waals surface area contributed by atoms with Gasteiger partial charge in [-0.3, -0.25) is 4.79 Å². The number of carbonyl (C=O) groups is 1. The van der Waals surface area contributed by atoms with Gasteiger partial charge in [-0.2, -0.15) is 0 Å². The topological polar surface area (TPSA) is 117 Å². The van der Waals surface area contributed by atoms with Gasteiger partial charge in [-0.15, -0.1) is 0 Å². The molecule has 2 unspecified atom stereocenters. The molecule has 0 saturated carbocycles. The summed E-state index contributed by atoms with van der Waals surface area (Å²) in [6.07, 6.45) is 1.37. The van der Waals surface area contributed by atoms with Crippen LogP contribution >= 0.6 is 0 Å². The molecule has 8 heteroatoms. The normalized spacial score (nSPS) is 14.2. The Kier molecular flexibility index (Phi) is 8.10. The van der Waals surface area contributed by atoms with Crippen LogP contribution in [0.3, 0.4) is 0 Å². The van der Waals surface area contributed by atoms with Crippen LogP contribution in [0.1, 0.15) is 33.6 Å². The summed E-state index contributed by atoms with van der Waals surface area (Å²) >= 11 is 0. The molecule has 0 fully saturated rings. The molecular weight excluding hydrogens is 223 g/mol. The molecule has 0 aromatic heterocycles. The zero-order chi connectivity index (χ0) is 13.4. The molecule has 1 amide bonds. The van der Waals surface area contributed by atoms with Crippen molar-refractivity contribution in [2.45, 2.75) is 45.6 Å². The Morgan fingerprint density at radius 2 is 1.88 bits per heavy atom. The Balaban J connectivity index is 4.76. The van der Waals surface area contributed by atoms with E-state index in [1.54, 1.807) is 11.8 Å². The lowest BCUT2D eigenvalue weighted by Gasteiger charge is -2.32. The van der Waals surface area contributed by atoms with Crippen molar-refractivity contribution >= 4 is 13.0 Å². The van der Waals surface area contributed by atoms with E-state index in [1.807, 2.05) is 13.8 Å². The maximum atomic E-state index is 12.1. The van der Waals surface area contributed by atoms with Crippen LogP contribution in [0.25, 0.3) is 0 Å². The molecule has 0 rings (SSSR count). The molecule has 17 heavy (non-hydrogen) atoms. The van der Waals surface area contributed by atoms with E-state index in [4.69, 9.17) is 17.5 Å². The van der Waals surface area contributed by atoms with Gasteiger partial charge in [0, 0.05) is 6.54 Å². The van der Waals surface area contributed by atoms with Crippen molar-refractivity contribution < 1.29 is 14.3 Å². The standard InChI is InChI=1S/C9H23BN4O3/c1-4-6-14(9(15)8(11)5-2)7(3)10(16-12)17-13/h7-8H,4-6,11-13H2,1-3H3. The molecule has 6 N–H and O–H groups in total. The number of hydrogen-bond donors (Lipinski definition) is 3. The first kappa shape index (κ1) is 16.3. The van der Waals surface area contributed by atoms with Crippen molar-refractivity contribution in [3.8, 4) is 0 Å². The minimum absolute atomic E-state index is 0.152. The number of rotatable bonds is 8. The maximum absolute atomic E-state index is 12.1. The van der Waals surface area contributed by atoms with Crippen molar-refractivity contribution in [2.75, 3.05) is 6.54 Å². The SMILES string of the molecule is CCCN(C(=O)C(N)CC)C(C)B(ON)ON. The minimum atomic E-state index is -0.866. The first-order valence-electron chi connectivity index (χ1n) is 5.80. The van der Waals surface area contributed by atoms with Gasteiger partial charge in [0.2, 0.25) is 5.91 Å². The highest BCUT2D eigenvalue weighted by Crippen LogP contribution is 2.08. The predicted molar refractivity (Wildman–Crippen MR) is 66.0 cm³/mol. The monoisotopic (exact) mass is 246 g/mol. The van der Waals surface area contributed by atoms with E-state index in [1.165, 1.54) is 0 Å². The highest BCUT2D eigenvalue weighted by molar-refractivity contribution is 6.46. The van der Waals surface area contributed by atoms with Gasteiger partial charge in [-0.1, -0.05) is 13.8 Å². The van der Waals surface area contributed by atoms with Crippen LogP contribution in [-0.4, -0.2) is 36.5 Å². The summed E-state index contributed by atoms with van der Waals surface area (Å²) in [5.74, 6) is 9.56. The van der Waals surface area contributed by atoms with E-state index in [-0.39, 0.29) is 5.91 Å². The third-order valence-corrected chi connectivity index (χ3v) is 2.66. The smallest absolute Gasteiger partial charge is 0.340 e. The van der Waals surface area contributed by atoms with Gasteiger partial charge in [0.25, 0.3) is 0 Å². The summed E-state index contributed by atoms with van der Waals surface area (Å²) < 4.78 is 9.14. The van der Waals surface area contributed by atoms with Crippen LogP contribution in [0.15, 0.2) is 0 Å². The van der Waals surface area contributed by atoms with Crippen molar-refractivity contribution in [3.63, 3.8) is 0 Å². The molecule has 0 aliphatic carbocycles. The number of carbonyl (C=O) groups excluding carboxylic acids is 1. The second kappa shape index (κ2) is 8.43. The lowest BCUT2D eigenvalue weighted by atomic mass is 9.78. The highest BCUT2D eigenvalue weighted by Gasteiger charge is 2.34. The molecule has 0 aromatic rings. The molecule has 0 bridgehead atoms. The van der Waals surface area contributed by atoms with Gasteiger partial charge >= 0.3 is 7.12 Å². The number of nitrogens with zero attached hydrogens (tertiary/aromatic N) is 1. The second-order valence-electron chi connectivity index (χ2n) is 3.93. The molecule has 0 aliphatic rings. The lowest BCUT2D eigenvalue weighted by Crippen LogP contribution is -2.56. The fourth-order valence-electron chi connectivity index (χ4n) is 1.55. The van der Waals surface area contributed by atoms with E-state index in [9.17, 15) is 4.79 Å². The van der Waals surface area contributed by atoms with Gasteiger partial charge in [0.05, 0.1) is 12.0 Å². The minimum Gasteiger partial charge on any atom is -0.340 e. The van der Waals surface area contributed by atoms with E-state index in [0.717, 1.165) is 6.42 Å². The third-order valence-electron chi connectivity index (χ3n) is 2.66. The molecule has 0 heterocycles. The molecule has 2 atom stereocenters. The highest BCUT2D eigenvalue weighted by atomic mass is 16.7. The van der Waals surface area contributed by atoms with Crippen LogP contribution in [0.5, 0.6) is 0 Å². The fourth-order valence-corrected chi connectivity index (χ4v) is 1.55. The Morgan fingerprint density at radius 1 is 1.35 bits per heavy atom. The summed E-state index contributed by atoms with van der Waals surface area (Å²) in [5.41, 5.74) is 5.73. The average molecular weight is 246 g/mol. The number of nitrogens with two attached hydrogens (primary N) is 3. The maximum Gasteiger partial charge on any atom is 0.514 e. The van der Waals surface area contributed by atoms with Crippen molar-refractivity contribution in [3.05, 3.63) is 0 Å². The lowest BCUT2D eigenvalue weighted by molar-refractivity contribution is -0.133. The molecular formula is C9H23BN4O3. The summed E-state index contributed by atoms with van der Waals surface area (Å²) in [5, 5.41) is 0. The van der Waals surface area contributed by atoms with Crippen molar-refractivity contribution in [1.82, 2.24) is 4.90 Å². The molecule has 100 valence electrons. The quantitative estimate of drug-likeness (QED) is 0.379. The van der Waals surface area contributed by atoms with Gasteiger partial charge in [0.1, 0.15) is 0 Å². The van der Waals surface area contributed by atoms with E-state index in [2.05, 4.69) is 9.51 Å². The molecule has 0 saturated heterocycles. The Bertz CT molecular complexity index is 228. The van der Waals surface area contributed by atoms with Gasteiger partial charge in [-0.05, 0) is 19.8 Å². The van der Waals surface area contributed by atoms with Crippen LogP contribution in [-0.2, 0) is 14.3 Å². The molecule has 0 radical (unpaired) electrons. The predicted octanol–water partition coefficient (Wildman–Crippen LogP) is -0.841. The van der Waals surface area contributed by atoms with Crippen molar-refractivity contribution in [2.24, 2.45) is 17.5 Å². The Hall–Kier alpha value is -0.665. The van der Waals surface area contributed by atoms with Crippen LogP contribution in [0, 0.1) is 0 Å².